The number of aromatic nitrogens is 1. The van der Waals surface area contributed by atoms with Gasteiger partial charge in [-0.1, -0.05) is 12.1 Å². The minimum Gasteiger partial charge on any atom is -0.480 e. The average molecular weight is 341 g/mol. The first-order chi connectivity index (χ1) is 9.16. The smallest absolute Gasteiger partial charge is 0.261 e. The molecule has 0 unspecified atom stereocenters. The van der Waals surface area contributed by atoms with E-state index in [9.17, 15) is 4.79 Å². The molecule has 1 aromatic carbocycles. The van der Waals surface area contributed by atoms with Crippen molar-refractivity contribution in [1.82, 2.24) is 10.3 Å². The van der Waals surface area contributed by atoms with Crippen molar-refractivity contribution in [2.45, 2.75) is 19.6 Å². The average Bonchev–Trinajstić information content (AvgIpc) is 2.91. The molecule has 1 heterocycles. The molecule has 0 spiro atoms. The number of halogens is 1. The van der Waals surface area contributed by atoms with Crippen LogP contribution in [-0.2, 0) is 11.3 Å². The third-order valence-corrected chi connectivity index (χ3v) is 3.84. The molecule has 2 aromatic rings. The van der Waals surface area contributed by atoms with Crippen LogP contribution in [0.25, 0.3) is 0 Å². The molecule has 0 aliphatic carbocycles. The zero-order chi connectivity index (χ0) is 13.7. The van der Waals surface area contributed by atoms with Gasteiger partial charge in [-0.05, 0) is 35.0 Å². The molecule has 0 bridgehead atoms. The van der Waals surface area contributed by atoms with Crippen molar-refractivity contribution in [3.63, 3.8) is 0 Å². The van der Waals surface area contributed by atoms with Gasteiger partial charge in [0.1, 0.15) is 10.8 Å². The van der Waals surface area contributed by atoms with Gasteiger partial charge < -0.3 is 10.1 Å². The number of nitrogens with zero attached hydrogens (tertiary/aromatic N) is 1. The molecule has 19 heavy (non-hydrogen) atoms. The molecule has 0 radical (unpaired) electrons. The zero-order valence-corrected chi connectivity index (χ0v) is 12.7. The highest BCUT2D eigenvalue weighted by atomic mass is 79.9. The van der Waals surface area contributed by atoms with Gasteiger partial charge in [-0.25, -0.2) is 4.98 Å². The van der Waals surface area contributed by atoms with Crippen molar-refractivity contribution in [2.24, 2.45) is 0 Å². The number of carbonyl (C=O) groups is 1. The highest BCUT2D eigenvalue weighted by Gasteiger charge is 2.15. The predicted octanol–water partition coefficient (Wildman–Crippen LogP) is 2.99. The number of carbonyl (C=O) groups excluding carboxylic acids is 1. The van der Waals surface area contributed by atoms with Crippen molar-refractivity contribution in [2.75, 3.05) is 0 Å². The predicted molar refractivity (Wildman–Crippen MR) is 78.2 cm³/mol. The molecule has 6 heteroatoms. The van der Waals surface area contributed by atoms with Crippen molar-refractivity contribution < 1.29 is 9.53 Å². The lowest BCUT2D eigenvalue weighted by atomic mass is 10.3. The van der Waals surface area contributed by atoms with Gasteiger partial charge >= 0.3 is 0 Å². The maximum Gasteiger partial charge on any atom is 0.261 e. The topological polar surface area (TPSA) is 51.2 Å². The lowest BCUT2D eigenvalue weighted by Gasteiger charge is -2.15. The van der Waals surface area contributed by atoms with Crippen molar-refractivity contribution in [3.05, 3.63) is 45.3 Å². The van der Waals surface area contributed by atoms with Gasteiger partial charge in [-0.3, -0.25) is 4.79 Å². The number of hydrogen-bond acceptors (Lipinski definition) is 4. The Balaban J connectivity index is 1.87. The molecule has 0 aliphatic rings. The van der Waals surface area contributed by atoms with Crippen LogP contribution in [0.1, 0.15) is 11.9 Å². The number of amides is 1. The first-order valence-electron chi connectivity index (χ1n) is 5.74. The second-order valence-corrected chi connectivity index (χ2v) is 5.67. The summed E-state index contributed by atoms with van der Waals surface area (Å²) in [5, 5.41) is 5.55. The number of thiazole rings is 1. The summed E-state index contributed by atoms with van der Waals surface area (Å²) in [6, 6.07) is 7.44. The maximum atomic E-state index is 11.9. The van der Waals surface area contributed by atoms with E-state index in [-0.39, 0.29) is 5.91 Å². The highest BCUT2D eigenvalue weighted by Crippen LogP contribution is 2.24. The first kappa shape index (κ1) is 14.0. The number of nitrogens with one attached hydrogen (secondary N) is 1. The lowest BCUT2D eigenvalue weighted by Crippen LogP contribution is -2.35. The molecular formula is C13H13BrN2O2S. The molecule has 1 amide bonds. The van der Waals surface area contributed by atoms with E-state index in [2.05, 4.69) is 26.2 Å². The molecule has 0 saturated carbocycles. The van der Waals surface area contributed by atoms with Crippen LogP contribution in [0.4, 0.5) is 0 Å². The van der Waals surface area contributed by atoms with E-state index in [4.69, 9.17) is 4.74 Å². The van der Waals surface area contributed by atoms with E-state index >= 15 is 0 Å². The molecule has 0 fully saturated rings. The monoisotopic (exact) mass is 340 g/mol. The number of hydrogen-bond donors (Lipinski definition) is 1. The SMILES string of the molecule is C[C@@H](Oc1ccccc1Br)C(=O)NCc1nccs1. The van der Waals surface area contributed by atoms with Crippen molar-refractivity contribution in [3.8, 4) is 5.75 Å². The third-order valence-electron chi connectivity index (χ3n) is 2.41. The fourth-order valence-electron chi connectivity index (χ4n) is 1.43. The number of rotatable bonds is 5. The molecule has 1 aromatic heterocycles. The van der Waals surface area contributed by atoms with E-state index < -0.39 is 6.10 Å². The Morgan fingerprint density at radius 3 is 3.00 bits per heavy atom. The molecule has 0 saturated heterocycles. The standard InChI is InChI=1S/C13H13BrN2O2S/c1-9(18-11-5-3-2-4-10(11)14)13(17)16-8-12-15-6-7-19-12/h2-7,9H,8H2,1H3,(H,16,17)/t9-/m1/s1. The van der Waals surface area contributed by atoms with E-state index in [1.54, 1.807) is 13.1 Å². The Hall–Kier alpha value is -1.40. The normalized spacial score (nSPS) is 11.9. The van der Waals surface area contributed by atoms with E-state index in [1.165, 1.54) is 11.3 Å². The van der Waals surface area contributed by atoms with Gasteiger partial charge in [0.15, 0.2) is 6.10 Å². The summed E-state index contributed by atoms with van der Waals surface area (Å²) in [5.74, 6) is 0.491. The van der Waals surface area contributed by atoms with Crippen LogP contribution in [0.3, 0.4) is 0 Å². The molecular weight excluding hydrogens is 328 g/mol. The molecule has 4 nitrogen and oxygen atoms in total. The molecule has 2 rings (SSSR count). The van der Waals surface area contributed by atoms with Crippen molar-refractivity contribution >= 4 is 33.2 Å². The van der Waals surface area contributed by atoms with E-state index in [0.717, 1.165) is 9.48 Å². The molecule has 1 N–H and O–H groups in total. The first-order valence-corrected chi connectivity index (χ1v) is 7.41. The summed E-state index contributed by atoms with van der Waals surface area (Å²) in [6.45, 7) is 2.15. The maximum absolute atomic E-state index is 11.9. The summed E-state index contributed by atoms with van der Waals surface area (Å²) >= 11 is 4.89. The minimum absolute atomic E-state index is 0.161. The van der Waals surface area contributed by atoms with Crippen molar-refractivity contribution in [1.29, 1.82) is 0 Å². The molecule has 0 aliphatic heterocycles. The Morgan fingerprint density at radius 2 is 2.32 bits per heavy atom. The van der Waals surface area contributed by atoms with Gasteiger partial charge in [0.2, 0.25) is 0 Å². The minimum atomic E-state index is -0.557. The van der Waals surface area contributed by atoms with Gasteiger partial charge in [0, 0.05) is 11.6 Å². The summed E-state index contributed by atoms with van der Waals surface area (Å²) in [6.07, 6.45) is 1.16. The van der Waals surface area contributed by atoms with E-state index in [0.29, 0.717) is 12.3 Å². The van der Waals surface area contributed by atoms with Gasteiger partial charge in [0.25, 0.3) is 5.91 Å². The molecule has 100 valence electrons. The van der Waals surface area contributed by atoms with Crippen LogP contribution in [-0.4, -0.2) is 17.0 Å². The second-order valence-electron chi connectivity index (χ2n) is 3.83. The summed E-state index contributed by atoms with van der Waals surface area (Å²) in [7, 11) is 0. The number of ether oxygens (including phenoxy) is 1. The Kier molecular flexibility index (Phi) is 4.93. The summed E-state index contributed by atoms with van der Waals surface area (Å²) in [5.41, 5.74) is 0. The zero-order valence-electron chi connectivity index (χ0n) is 10.3. The third kappa shape index (κ3) is 4.04. The fourth-order valence-corrected chi connectivity index (χ4v) is 2.37. The van der Waals surface area contributed by atoms with Crippen LogP contribution in [0.15, 0.2) is 40.3 Å². The highest BCUT2D eigenvalue weighted by molar-refractivity contribution is 9.10. The van der Waals surface area contributed by atoms with Gasteiger partial charge in [0.05, 0.1) is 11.0 Å². The lowest BCUT2D eigenvalue weighted by molar-refractivity contribution is -0.127. The van der Waals surface area contributed by atoms with Crippen LogP contribution in [0.5, 0.6) is 5.75 Å². The van der Waals surface area contributed by atoms with Crippen LogP contribution >= 0.6 is 27.3 Å². The molecule has 1 atom stereocenters. The van der Waals surface area contributed by atoms with Crippen LogP contribution in [0, 0.1) is 0 Å². The largest absolute Gasteiger partial charge is 0.480 e. The van der Waals surface area contributed by atoms with Crippen LogP contribution < -0.4 is 10.1 Å². The second kappa shape index (κ2) is 6.68. The number of para-hydroxylation sites is 1. The number of benzene rings is 1. The summed E-state index contributed by atoms with van der Waals surface area (Å²) < 4.78 is 6.43. The Labute approximate surface area is 124 Å². The fraction of sp³-hybridized carbons (Fsp3) is 0.231. The van der Waals surface area contributed by atoms with Gasteiger partial charge in [-0.2, -0.15) is 0 Å². The summed E-state index contributed by atoms with van der Waals surface area (Å²) in [4.78, 5) is 16.0. The Bertz CT molecular complexity index is 545. The quantitative estimate of drug-likeness (QED) is 0.910. The Morgan fingerprint density at radius 1 is 1.53 bits per heavy atom. The van der Waals surface area contributed by atoms with E-state index in [1.807, 2.05) is 29.6 Å². The van der Waals surface area contributed by atoms with Gasteiger partial charge in [-0.15, -0.1) is 11.3 Å². The van der Waals surface area contributed by atoms with Crippen LogP contribution in [0.2, 0.25) is 0 Å².